The molecule has 1 aliphatic heterocycles. The molecule has 1 fully saturated rings. The van der Waals surface area contributed by atoms with E-state index >= 15 is 0 Å². The van der Waals surface area contributed by atoms with Crippen molar-refractivity contribution in [1.29, 1.82) is 0 Å². The van der Waals surface area contributed by atoms with Crippen LogP contribution in [-0.2, 0) is 21.5 Å². The number of amides is 1. The first-order chi connectivity index (χ1) is 14.4. The molecule has 30 heavy (non-hydrogen) atoms. The van der Waals surface area contributed by atoms with Crippen LogP contribution in [0.3, 0.4) is 0 Å². The Balaban J connectivity index is 1.89. The summed E-state index contributed by atoms with van der Waals surface area (Å²) in [5, 5.41) is 0. The van der Waals surface area contributed by atoms with Crippen LogP contribution in [0.15, 0.2) is 54.6 Å². The maximum Gasteiger partial charge on any atom is 0.219 e. The van der Waals surface area contributed by atoms with E-state index < -0.39 is 0 Å². The van der Waals surface area contributed by atoms with Crippen LogP contribution in [0.1, 0.15) is 57.6 Å². The van der Waals surface area contributed by atoms with Crippen molar-refractivity contribution >= 4 is 5.91 Å². The van der Waals surface area contributed by atoms with Gasteiger partial charge < -0.3 is 14.4 Å². The molecular weight excluding hydrogens is 374 g/mol. The highest BCUT2D eigenvalue weighted by Gasteiger charge is 2.44. The van der Waals surface area contributed by atoms with E-state index in [1.807, 2.05) is 35.2 Å². The second kappa shape index (κ2) is 9.65. The van der Waals surface area contributed by atoms with Crippen LogP contribution >= 0.6 is 0 Å². The molecule has 0 bridgehead atoms. The standard InChI is InChI=1S/C26H35NO3/c1-5-25(3)20-26(16-18-30-25,23-13-9-10-14-24(23)29-4)15-17-27(21(2)28)19-22-11-7-6-8-12-22/h6-14H,5,15-20H2,1-4H3/t25-,26-/m1/s1. The zero-order chi connectivity index (χ0) is 21.6. The molecule has 0 aromatic heterocycles. The molecule has 0 aliphatic carbocycles. The minimum absolute atomic E-state index is 0.0833. The van der Waals surface area contributed by atoms with Gasteiger partial charge in [-0.25, -0.2) is 0 Å². The quantitative estimate of drug-likeness (QED) is 0.590. The van der Waals surface area contributed by atoms with Gasteiger partial charge in [0.25, 0.3) is 0 Å². The predicted octanol–water partition coefficient (Wildman–Crippen LogP) is 5.35. The normalized spacial score (nSPS) is 23.7. The minimum atomic E-state index is -0.167. The maximum atomic E-state index is 12.4. The van der Waals surface area contributed by atoms with Gasteiger partial charge in [0.15, 0.2) is 0 Å². The van der Waals surface area contributed by atoms with Gasteiger partial charge in [0, 0.05) is 37.6 Å². The Morgan fingerprint density at radius 1 is 1.13 bits per heavy atom. The lowest BCUT2D eigenvalue weighted by Gasteiger charge is -2.47. The highest BCUT2D eigenvalue weighted by atomic mass is 16.5. The van der Waals surface area contributed by atoms with Crippen LogP contribution in [0.5, 0.6) is 5.75 Å². The fraction of sp³-hybridized carbons (Fsp3) is 0.500. The zero-order valence-corrected chi connectivity index (χ0v) is 18.8. The Hall–Kier alpha value is -2.33. The molecule has 4 nitrogen and oxygen atoms in total. The molecular formula is C26H35NO3. The molecule has 1 amide bonds. The van der Waals surface area contributed by atoms with Crippen LogP contribution < -0.4 is 4.74 Å². The molecule has 4 heteroatoms. The average molecular weight is 410 g/mol. The molecule has 1 saturated heterocycles. The molecule has 0 spiro atoms. The topological polar surface area (TPSA) is 38.8 Å². The zero-order valence-electron chi connectivity index (χ0n) is 18.8. The summed E-state index contributed by atoms with van der Waals surface area (Å²) in [5.41, 5.74) is 2.14. The summed E-state index contributed by atoms with van der Waals surface area (Å²) in [4.78, 5) is 14.4. The van der Waals surface area contributed by atoms with Crippen molar-refractivity contribution < 1.29 is 14.3 Å². The van der Waals surface area contributed by atoms with Gasteiger partial charge in [0.05, 0.1) is 12.7 Å². The number of hydrogen-bond acceptors (Lipinski definition) is 3. The molecule has 3 rings (SSSR count). The SMILES string of the molecule is CC[C@]1(C)C[C@](CCN(Cc2ccccc2)C(C)=O)(c2ccccc2OC)CCO1. The monoisotopic (exact) mass is 409 g/mol. The molecule has 1 aliphatic rings. The summed E-state index contributed by atoms with van der Waals surface area (Å²) in [6.45, 7) is 8.14. The van der Waals surface area contributed by atoms with Crippen LogP contribution in [-0.4, -0.2) is 36.7 Å². The lowest BCUT2D eigenvalue weighted by atomic mass is 9.66. The molecule has 2 aromatic rings. The number of nitrogens with zero attached hydrogens (tertiary/aromatic N) is 1. The highest BCUT2D eigenvalue weighted by Crippen LogP contribution is 2.48. The Morgan fingerprint density at radius 3 is 2.50 bits per heavy atom. The van der Waals surface area contributed by atoms with E-state index in [-0.39, 0.29) is 16.9 Å². The number of carbonyl (C=O) groups excluding carboxylic acids is 1. The summed E-state index contributed by atoms with van der Waals surface area (Å²) in [6.07, 6.45) is 3.71. The molecule has 0 N–H and O–H groups in total. The lowest BCUT2D eigenvalue weighted by molar-refractivity contribution is -0.130. The van der Waals surface area contributed by atoms with Gasteiger partial charge in [-0.05, 0) is 44.2 Å². The molecule has 162 valence electrons. The third kappa shape index (κ3) is 5.04. The van der Waals surface area contributed by atoms with E-state index in [2.05, 4.69) is 38.1 Å². The Morgan fingerprint density at radius 2 is 1.83 bits per heavy atom. The van der Waals surface area contributed by atoms with Crippen LogP contribution in [0.2, 0.25) is 0 Å². The number of para-hydroxylation sites is 1. The Labute approximate surface area is 181 Å². The number of ether oxygens (including phenoxy) is 2. The van der Waals surface area contributed by atoms with Crippen molar-refractivity contribution in [1.82, 2.24) is 4.90 Å². The van der Waals surface area contributed by atoms with E-state index in [9.17, 15) is 4.79 Å². The summed E-state index contributed by atoms with van der Waals surface area (Å²) < 4.78 is 11.9. The molecule has 2 aromatic carbocycles. The van der Waals surface area contributed by atoms with Gasteiger partial charge in [-0.3, -0.25) is 4.79 Å². The average Bonchev–Trinajstić information content (AvgIpc) is 2.77. The minimum Gasteiger partial charge on any atom is -0.496 e. The van der Waals surface area contributed by atoms with Crippen molar-refractivity contribution in [2.75, 3.05) is 20.3 Å². The smallest absolute Gasteiger partial charge is 0.219 e. The third-order valence-corrected chi connectivity index (χ3v) is 6.69. The number of rotatable bonds is 8. The number of carbonyl (C=O) groups is 1. The largest absolute Gasteiger partial charge is 0.496 e. The number of methoxy groups -OCH3 is 1. The van der Waals surface area contributed by atoms with E-state index in [4.69, 9.17) is 9.47 Å². The first-order valence-corrected chi connectivity index (χ1v) is 11.0. The van der Waals surface area contributed by atoms with Crippen molar-refractivity contribution in [3.05, 3.63) is 65.7 Å². The van der Waals surface area contributed by atoms with E-state index in [1.165, 1.54) is 5.56 Å². The Bertz CT molecular complexity index is 837. The maximum absolute atomic E-state index is 12.4. The summed E-state index contributed by atoms with van der Waals surface area (Å²) in [7, 11) is 1.74. The van der Waals surface area contributed by atoms with Crippen molar-refractivity contribution in [2.24, 2.45) is 0 Å². The summed E-state index contributed by atoms with van der Waals surface area (Å²) >= 11 is 0. The van der Waals surface area contributed by atoms with Gasteiger partial charge in [-0.2, -0.15) is 0 Å². The van der Waals surface area contributed by atoms with Gasteiger partial charge in [-0.1, -0.05) is 55.5 Å². The second-order valence-corrected chi connectivity index (χ2v) is 8.74. The lowest BCUT2D eigenvalue weighted by Crippen LogP contribution is -2.47. The number of hydrogen-bond donors (Lipinski definition) is 0. The van der Waals surface area contributed by atoms with Gasteiger partial charge in [-0.15, -0.1) is 0 Å². The van der Waals surface area contributed by atoms with Crippen molar-refractivity contribution in [3.8, 4) is 5.75 Å². The molecule has 1 heterocycles. The molecule has 0 radical (unpaired) electrons. The fourth-order valence-electron chi connectivity index (χ4n) is 4.74. The first kappa shape index (κ1) is 22.4. The molecule has 0 unspecified atom stereocenters. The van der Waals surface area contributed by atoms with Gasteiger partial charge in [0.1, 0.15) is 5.75 Å². The summed E-state index contributed by atoms with van der Waals surface area (Å²) in [5.74, 6) is 1.04. The van der Waals surface area contributed by atoms with E-state index in [0.29, 0.717) is 13.1 Å². The second-order valence-electron chi connectivity index (χ2n) is 8.74. The predicted molar refractivity (Wildman–Crippen MR) is 121 cm³/mol. The van der Waals surface area contributed by atoms with Gasteiger partial charge in [0.2, 0.25) is 5.91 Å². The van der Waals surface area contributed by atoms with Crippen molar-refractivity contribution in [3.63, 3.8) is 0 Å². The van der Waals surface area contributed by atoms with E-state index in [1.54, 1.807) is 14.0 Å². The third-order valence-electron chi connectivity index (χ3n) is 6.69. The van der Waals surface area contributed by atoms with Gasteiger partial charge >= 0.3 is 0 Å². The number of benzene rings is 2. The molecule has 2 atom stereocenters. The summed E-state index contributed by atoms with van der Waals surface area (Å²) in [6, 6.07) is 18.5. The van der Waals surface area contributed by atoms with E-state index in [0.717, 1.165) is 43.6 Å². The van der Waals surface area contributed by atoms with Crippen molar-refractivity contribution in [2.45, 2.75) is 64.0 Å². The highest BCUT2D eigenvalue weighted by molar-refractivity contribution is 5.73. The van der Waals surface area contributed by atoms with Crippen LogP contribution in [0, 0.1) is 0 Å². The van der Waals surface area contributed by atoms with Crippen LogP contribution in [0.4, 0.5) is 0 Å². The fourth-order valence-corrected chi connectivity index (χ4v) is 4.74. The Kier molecular flexibility index (Phi) is 7.19. The molecule has 0 saturated carbocycles. The van der Waals surface area contributed by atoms with Crippen LogP contribution in [0.25, 0.3) is 0 Å². The first-order valence-electron chi connectivity index (χ1n) is 11.0.